The summed E-state index contributed by atoms with van der Waals surface area (Å²) in [5.74, 6) is 1.30. The Balaban J connectivity index is 1.90. The van der Waals surface area contributed by atoms with Gasteiger partial charge in [0.05, 0.1) is 10.5 Å². The highest BCUT2D eigenvalue weighted by molar-refractivity contribution is 6.33. The summed E-state index contributed by atoms with van der Waals surface area (Å²) in [5, 5.41) is 5.67. The second-order valence-electron chi connectivity index (χ2n) is 5.93. The maximum atomic E-state index is 6.35. The van der Waals surface area contributed by atoms with Crippen LogP contribution in [0, 0.1) is 6.92 Å². The van der Waals surface area contributed by atoms with E-state index in [9.17, 15) is 0 Å². The molecule has 5 heteroatoms. The molecule has 0 spiro atoms. The lowest BCUT2D eigenvalue weighted by Crippen LogP contribution is -2.01. The minimum atomic E-state index is 0.580. The Kier molecular flexibility index (Phi) is 4.49. The normalized spacial score (nSPS) is 10.9. The molecule has 1 N–H and O–H groups in total. The van der Waals surface area contributed by atoms with Gasteiger partial charge in [-0.2, -0.15) is 0 Å². The topological polar surface area (TPSA) is 37.8 Å². The van der Waals surface area contributed by atoms with Crippen molar-refractivity contribution in [3.63, 3.8) is 0 Å². The van der Waals surface area contributed by atoms with Crippen LogP contribution in [0.15, 0.2) is 66.7 Å². The van der Waals surface area contributed by atoms with Gasteiger partial charge < -0.3 is 5.32 Å². The zero-order valence-electron chi connectivity index (χ0n) is 14.0. The van der Waals surface area contributed by atoms with E-state index in [1.165, 1.54) is 0 Å². The number of hydrogen-bond acceptors (Lipinski definition) is 3. The molecule has 0 unspecified atom stereocenters. The first-order chi connectivity index (χ1) is 12.6. The number of nitrogens with zero attached hydrogens (tertiary/aromatic N) is 2. The second kappa shape index (κ2) is 6.94. The average Bonchev–Trinajstić information content (AvgIpc) is 2.66. The molecule has 0 aliphatic carbocycles. The maximum absolute atomic E-state index is 6.35. The van der Waals surface area contributed by atoms with Crippen molar-refractivity contribution in [1.29, 1.82) is 0 Å². The third-order valence-electron chi connectivity index (χ3n) is 4.24. The van der Waals surface area contributed by atoms with Gasteiger partial charge in [-0.3, -0.25) is 0 Å². The van der Waals surface area contributed by atoms with Gasteiger partial charge in [-0.15, -0.1) is 0 Å². The monoisotopic (exact) mass is 379 g/mol. The average molecular weight is 380 g/mol. The number of nitrogens with one attached hydrogen (secondary N) is 1. The summed E-state index contributed by atoms with van der Waals surface area (Å²) in [6.45, 7) is 1.98. The lowest BCUT2D eigenvalue weighted by Gasteiger charge is -2.14. The number of rotatable bonds is 3. The van der Waals surface area contributed by atoms with E-state index < -0.39 is 0 Å². The molecule has 3 nitrogen and oxygen atoms in total. The fourth-order valence-corrected chi connectivity index (χ4v) is 3.20. The molecule has 128 valence electrons. The van der Waals surface area contributed by atoms with Gasteiger partial charge in [-0.05, 0) is 48.9 Å². The highest BCUT2D eigenvalue weighted by Crippen LogP contribution is 2.32. The zero-order valence-corrected chi connectivity index (χ0v) is 15.5. The Morgan fingerprint density at radius 3 is 2.35 bits per heavy atom. The summed E-state index contributed by atoms with van der Waals surface area (Å²) in [6, 6.07) is 21.2. The SMILES string of the molecule is Cc1c(Cl)cccc1Nc1nc(-c2ccccc2Cl)nc2ccccc12. The number of aromatic nitrogens is 2. The Hall–Kier alpha value is -2.62. The van der Waals surface area contributed by atoms with Crippen molar-refractivity contribution in [3.8, 4) is 11.4 Å². The van der Waals surface area contributed by atoms with E-state index in [1.54, 1.807) is 0 Å². The van der Waals surface area contributed by atoms with Gasteiger partial charge >= 0.3 is 0 Å². The van der Waals surface area contributed by atoms with E-state index >= 15 is 0 Å². The predicted octanol–water partition coefficient (Wildman–Crippen LogP) is 6.66. The van der Waals surface area contributed by atoms with Crippen LogP contribution in [0.1, 0.15) is 5.56 Å². The van der Waals surface area contributed by atoms with Crippen LogP contribution in [0.3, 0.4) is 0 Å². The van der Waals surface area contributed by atoms with Gasteiger partial charge in [0.15, 0.2) is 5.82 Å². The molecular formula is C21H15Cl2N3. The highest BCUT2D eigenvalue weighted by Gasteiger charge is 2.13. The van der Waals surface area contributed by atoms with Crippen molar-refractivity contribution in [2.24, 2.45) is 0 Å². The molecule has 0 aliphatic rings. The minimum absolute atomic E-state index is 0.580. The maximum Gasteiger partial charge on any atom is 0.163 e. The van der Waals surface area contributed by atoms with Crippen molar-refractivity contribution >= 4 is 45.6 Å². The van der Waals surface area contributed by atoms with Gasteiger partial charge in [0.1, 0.15) is 5.82 Å². The van der Waals surface area contributed by atoms with Crippen LogP contribution in [-0.4, -0.2) is 9.97 Å². The molecule has 0 saturated heterocycles. The molecule has 0 aliphatic heterocycles. The van der Waals surface area contributed by atoms with Crippen LogP contribution >= 0.6 is 23.2 Å². The number of anilines is 2. The first-order valence-corrected chi connectivity index (χ1v) is 8.93. The molecule has 4 aromatic rings. The molecule has 1 heterocycles. The molecule has 26 heavy (non-hydrogen) atoms. The van der Waals surface area contributed by atoms with Gasteiger partial charge in [-0.25, -0.2) is 9.97 Å². The zero-order chi connectivity index (χ0) is 18.1. The van der Waals surface area contributed by atoms with Gasteiger partial charge in [0, 0.05) is 21.7 Å². The fraction of sp³-hybridized carbons (Fsp3) is 0.0476. The van der Waals surface area contributed by atoms with E-state index in [2.05, 4.69) is 10.3 Å². The molecular weight excluding hydrogens is 365 g/mol. The largest absolute Gasteiger partial charge is 0.339 e. The quantitative estimate of drug-likeness (QED) is 0.432. The van der Waals surface area contributed by atoms with Crippen molar-refractivity contribution < 1.29 is 0 Å². The molecule has 0 saturated carbocycles. The summed E-state index contributed by atoms with van der Waals surface area (Å²) in [7, 11) is 0. The standard InChI is InChI=1S/C21H15Cl2N3/c1-13-16(22)10-6-12-18(13)24-21-15-8-3-5-11-19(15)25-20(26-21)14-7-2-4-9-17(14)23/h2-12H,1H3,(H,24,25,26). The second-order valence-corrected chi connectivity index (χ2v) is 6.74. The number of para-hydroxylation sites is 1. The van der Waals surface area contributed by atoms with E-state index in [-0.39, 0.29) is 0 Å². The van der Waals surface area contributed by atoms with Crippen LogP contribution < -0.4 is 5.32 Å². The van der Waals surface area contributed by atoms with Crippen LogP contribution in [0.4, 0.5) is 11.5 Å². The van der Waals surface area contributed by atoms with Crippen molar-refractivity contribution in [2.75, 3.05) is 5.32 Å². The van der Waals surface area contributed by atoms with Gasteiger partial charge in [0.25, 0.3) is 0 Å². The summed E-state index contributed by atoms with van der Waals surface area (Å²) < 4.78 is 0. The fourth-order valence-electron chi connectivity index (χ4n) is 2.81. The van der Waals surface area contributed by atoms with E-state index in [4.69, 9.17) is 28.2 Å². The Labute approximate surface area is 161 Å². The predicted molar refractivity (Wildman–Crippen MR) is 109 cm³/mol. The number of benzene rings is 3. The van der Waals surface area contributed by atoms with Crippen molar-refractivity contribution in [2.45, 2.75) is 6.92 Å². The van der Waals surface area contributed by atoms with Crippen LogP contribution in [0.2, 0.25) is 10.0 Å². The first kappa shape index (κ1) is 16.8. The van der Waals surface area contributed by atoms with Crippen LogP contribution in [0.5, 0.6) is 0 Å². The van der Waals surface area contributed by atoms with E-state index in [0.717, 1.165) is 33.5 Å². The molecule has 0 radical (unpaired) electrons. The number of fused-ring (bicyclic) bond motifs is 1. The summed E-state index contributed by atoms with van der Waals surface area (Å²) >= 11 is 12.6. The molecule has 0 bridgehead atoms. The first-order valence-electron chi connectivity index (χ1n) is 8.17. The Morgan fingerprint density at radius 1 is 0.769 bits per heavy atom. The van der Waals surface area contributed by atoms with E-state index in [1.807, 2.05) is 73.7 Å². The number of halogens is 2. The molecule has 1 aromatic heterocycles. The molecule has 0 fully saturated rings. The Bertz CT molecular complexity index is 1110. The molecule has 0 atom stereocenters. The number of hydrogen-bond donors (Lipinski definition) is 1. The summed E-state index contributed by atoms with van der Waals surface area (Å²) in [4.78, 5) is 9.44. The molecule has 3 aromatic carbocycles. The van der Waals surface area contributed by atoms with Gasteiger partial charge in [-0.1, -0.05) is 53.5 Å². The molecule has 4 rings (SSSR count). The van der Waals surface area contributed by atoms with E-state index in [0.29, 0.717) is 15.9 Å². The lowest BCUT2D eigenvalue weighted by atomic mass is 10.1. The summed E-state index contributed by atoms with van der Waals surface area (Å²) in [6.07, 6.45) is 0. The minimum Gasteiger partial charge on any atom is -0.339 e. The summed E-state index contributed by atoms with van der Waals surface area (Å²) in [5.41, 5.74) is 3.52. The smallest absolute Gasteiger partial charge is 0.163 e. The molecule has 0 amide bonds. The highest BCUT2D eigenvalue weighted by atomic mass is 35.5. The lowest BCUT2D eigenvalue weighted by molar-refractivity contribution is 1.22. The van der Waals surface area contributed by atoms with Crippen LogP contribution in [0.25, 0.3) is 22.3 Å². The third kappa shape index (κ3) is 3.12. The van der Waals surface area contributed by atoms with Crippen LogP contribution in [-0.2, 0) is 0 Å². The van der Waals surface area contributed by atoms with Crippen molar-refractivity contribution in [3.05, 3.63) is 82.3 Å². The van der Waals surface area contributed by atoms with Gasteiger partial charge in [0.2, 0.25) is 0 Å². The Morgan fingerprint density at radius 2 is 1.50 bits per heavy atom. The third-order valence-corrected chi connectivity index (χ3v) is 4.98. The van der Waals surface area contributed by atoms with Crippen molar-refractivity contribution in [1.82, 2.24) is 9.97 Å².